The SMILES string of the molecule is CCCCCCCCCCCCCCCCCCCCCC(O)S(=O)(=O)[O-].[Na+]. The summed E-state index contributed by atoms with van der Waals surface area (Å²) in [5.74, 6) is 0. The van der Waals surface area contributed by atoms with Crippen LogP contribution in [-0.2, 0) is 10.1 Å². The Bertz CT molecular complexity index is 401. The van der Waals surface area contributed by atoms with Gasteiger partial charge in [0.05, 0.1) is 0 Å². The van der Waals surface area contributed by atoms with Crippen LogP contribution in [0.1, 0.15) is 135 Å². The molecule has 0 saturated heterocycles. The van der Waals surface area contributed by atoms with Crippen LogP contribution in [0, 0.1) is 0 Å². The third-order valence-electron chi connectivity index (χ3n) is 5.39. The molecule has 0 fully saturated rings. The van der Waals surface area contributed by atoms with Gasteiger partial charge in [-0.1, -0.05) is 122 Å². The number of rotatable bonds is 21. The van der Waals surface area contributed by atoms with Crippen LogP contribution in [0.3, 0.4) is 0 Å². The summed E-state index contributed by atoms with van der Waals surface area (Å²) in [5, 5.41) is 9.13. The van der Waals surface area contributed by atoms with Gasteiger partial charge in [0.15, 0.2) is 0 Å². The Hall–Kier alpha value is 0.870. The van der Waals surface area contributed by atoms with E-state index in [0.29, 0.717) is 6.42 Å². The molecule has 0 spiro atoms. The van der Waals surface area contributed by atoms with Gasteiger partial charge < -0.3 is 9.66 Å². The van der Waals surface area contributed by atoms with E-state index >= 15 is 0 Å². The molecule has 6 heteroatoms. The quantitative estimate of drug-likeness (QED) is 0.172. The molecule has 4 nitrogen and oxygen atoms in total. The van der Waals surface area contributed by atoms with Crippen LogP contribution in [0.25, 0.3) is 0 Å². The van der Waals surface area contributed by atoms with Gasteiger partial charge in [-0.15, -0.1) is 0 Å². The fourth-order valence-electron chi connectivity index (χ4n) is 3.54. The summed E-state index contributed by atoms with van der Waals surface area (Å²) in [7, 11) is -4.52. The third-order valence-corrected chi connectivity index (χ3v) is 6.29. The van der Waals surface area contributed by atoms with E-state index in [4.69, 9.17) is 5.11 Å². The predicted molar refractivity (Wildman–Crippen MR) is 114 cm³/mol. The van der Waals surface area contributed by atoms with E-state index in [-0.39, 0.29) is 36.0 Å². The molecule has 0 aromatic heterocycles. The zero-order valence-corrected chi connectivity index (χ0v) is 21.6. The van der Waals surface area contributed by atoms with Crippen molar-refractivity contribution >= 4 is 10.1 Å². The van der Waals surface area contributed by atoms with Gasteiger partial charge in [0.2, 0.25) is 0 Å². The molecular formula is C22H45NaO4S. The van der Waals surface area contributed by atoms with E-state index in [1.807, 2.05) is 0 Å². The van der Waals surface area contributed by atoms with Crippen molar-refractivity contribution in [2.45, 2.75) is 141 Å². The standard InChI is InChI=1S/C22H46O4S.Na/c1-2-3-4-5-6-7-8-9-10-11-12-13-14-15-16-17-18-19-20-21-22(23)27(24,25)26;/h22-23H,2-21H2,1H3,(H,24,25,26);/q;+1/p-1. The van der Waals surface area contributed by atoms with E-state index in [1.54, 1.807) is 0 Å². The van der Waals surface area contributed by atoms with E-state index in [2.05, 4.69) is 6.92 Å². The van der Waals surface area contributed by atoms with Crippen molar-refractivity contribution in [2.24, 2.45) is 0 Å². The first-order valence-corrected chi connectivity index (χ1v) is 13.1. The number of aliphatic hydroxyl groups is 1. The van der Waals surface area contributed by atoms with Gasteiger partial charge in [-0.2, -0.15) is 0 Å². The molecule has 0 radical (unpaired) electrons. The minimum Gasteiger partial charge on any atom is -0.746 e. The maximum absolute atomic E-state index is 10.5. The molecule has 0 aromatic carbocycles. The molecule has 0 aliphatic carbocycles. The van der Waals surface area contributed by atoms with Crippen molar-refractivity contribution in [3.63, 3.8) is 0 Å². The normalized spacial score (nSPS) is 12.7. The molecule has 0 saturated carbocycles. The van der Waals surface area contributed by atoms with Crippen LogP contribution in [-0.4, -0.2) is 23.5 Å². The van der Waals surface area contributed by atoms with Gasteiger partial charge in [-0.25, -0.2) is 8.42 Å². The molecule has 0 rings (SSSR count). The van der Waals surface area contributed by atoms with Crippen LogP contribution in [0.2, 0.25) is 0 Å². The van der Waals surface area contributed by atoms with Gasteiger partial charge in [0.1, 0.15) is 15.6 Å². The number of aliphatic hydroxyl groups excluding tert-OH is 1. The summed E-state index contributed by atoms with van der Waals surface area (Å²) in [5.41, 5.74) is -1.72. The fraction of sp³-hybridized carbons (Fsp3) is 1.00. The van der Waals surface area contributed by atoms with Crippen LogP contribution in [0.5, 0.6) is 0 Å². The summed E-state index contributed by atoms with van der Waals surface area (Å²) in [4.78, 5) is 0. The van der Waals surface area contributed by atoms with Crippen LogP contribution < -0.4 is 29.6 Å². The van der Waals surface area contributed by atoms with Gasteiger partial charge in [-0.3, -0.25) is 0 Å². The van der Waals surface area contributed by atoms with E-state index in [9.17, 15) is 13.0 Å². The first-order valence-electron chi connectivity index (χ1n) is 11.6. The molecule has 28 heavy (non-hydrogen) atoms. The van der Waals surface area contributed by atoms with Crippen molar-refractivity contribution < 1.29 is 47.6 Å². The fourth-order valence-corrected chi connectivity index (χ4v) is 4.00. The molecule has 0 amide bonds. The first-order chi connectivity index (χ1) is 13.0. The van der Waals surface area contributed by atoms with Crippen molar-refractivity contribution in [1.82, 2.24) is 0 Å². The molecule has 0 aliphatic rings. The van der Waals surface area contributed by atoms with Crippen molar-refractivity contribution in [2.75, 3.05) is 0 Å². The zero-order chi connectivity index (χ0) is 20.2. The second-order valence-electron chi connectivity index (χ2n) is 8.10. The minimum atomic E-state index is -4.52. The molecule has 0 aromatic rings. The second kappa shape index (κ2) is 22.6. The molecule has 0 aliphatic heterocycles. The summed E-state index contributed by atoms with van der Waals surface area (Å²) in [6.07, 6.45) is 24.4. The number of unbranched alkanes of at least 4 members (excludes halogenated alkanes) is 18. The molecule has 0 bridgehead atoms. The molecule has 1 atom stereocenters. The number of hydrogen-bond acceptors (Lipinski definition) is 4. The second-order valence-corrected chi connectivity index (χ2v) is 9.63. The van der Waals surface area contributed by atoms with Crippen molar-refractivity contribution in [1.29, 1.82) is 0 Å². The average molecular weight is 429 g/mol. The largest absolute Gasteiger partial charge is 1.00 e. The zero-order valence-electron chi connectivity index (χ0n) is 18.8. The van der Waals surface area contributed by atoms with E-state index < -0.39 is 15.6 Å². The van der Waals surface area contributed by atoms with Gasteiger partial charge >= 0.3 is 29.6 Å². The molecule has 164 valence electrons. The van der Waals surface area contributed by atoms with Crippen LogP contribution >= 0.6 is 0 Å². The maximum Gasteiger partial charge on any atom is 1.00 e. The Kier molecular flexibility index (Phi) is 25.0. The summed E-state index contributed by atoms with van der Waals surface area (Å²) < 4.78 is 31.6. The Morgan fingerprint density at radius 3 is 1.11 bits per heavy atom. The average Bonchev–Trinajstić information content (AvgIpc) is 2.62. The molecule has 0 heterocycles. The topological polar surface area (TPSA) is 77.4 Å². The number of hydrogen-bond donors (Lipinski definition) is 1. The van der Waals surface area contributed by atoms with Gasteiger partial charge in [-0.05, 0) is 12.8 Å². The summed E-state index contributed by atoms with van der Waals surface area (Å²) in [6, 6.07) is 0. The molecular weight excluding hydrogens is 383 g/mol. The monoisotopic (exact) mass is 428 g/mol. The van der Waals surface area contributed by atoms with Gasteiger partial charge in [0, 0.05) is 0 Å². The van der Waals surface area contributed by atoms with E-state index in [1.165, 1.54) is 103 Å². The Balaban J connectivity index is 0. The predicted octanol–water partition coefficient (Wildman–Crippen LogP) is 3.68. The Morgan fingerprint density at radius 2 is 0.857 bits per heavy atom. The van der Waals surface area contributed by atoms with Crippen molar-refractivity contribution in [3.8, 4) is 0 Å². The smallest absolute Gasteiger partial charge is 0.746 e. The van der Waals surface area contributed by atoms with Crippen LogP contribution in [0.4, 0.5) is 0 Å². The Morgan fingerprint density at radius 1 is 0.607 bits per heavy atom. The summed E-state index contributed by atoms with van der Waals surface area (Å²) >= 11 is 0. The molecule has 1 N–H and O–H groups in total. The maximum atomic E-state index is 10.5. The molecule has 1 unspecified atom stereocenters. The van der Waals surface area contributed by atoms with Gasteiger partial charge in [0.25, 0.3) is 0 Å². The first kappa shape index (κ1) is 31.1. The summed E-state index contributed by atoms with van der Waals surface area (Å²) in [6.45, 7) is 2.27. The van der Waals surface area contributed by atoms with Crippen molar-refractivity contribution in [3.05, 3.63) is 0 Å². The minimum absolute atomic E-state index is 0. The van der Waals surface area contributed by atoms with E-state index in [0.717, 1.165) is 12.8 Å². The Labute approximate surface area is 197 Å². The third kappa shape index (κ3) is 23.2. The van der Waals surface area contributed by atoms with Crippen LogP contribution in [0.15, 0.2) is 0 Å².